The molecule has 11 rings (SSSR count). The van der Waals surface area contributed by atoms with Crippen LogP contribution >= 0.6 is 7.14 Å². The van der Waals surface area contributed by atoms with Gasteiger partial charge in [-0.1, -0.05) is 140 Å². The summed E-state index contributed by atoms with van der Waals surface area (Å²) >= 11 is 0. The Morgan fingerprint density at radius 3 is 1.50 bits per heavy atom. The lowest BCUT2D eigenvalue weighted by Gasteiger charge is -2.21. The van der Waals surface area contributed by atoms with Gasteiger partial charge in [0.25, 0.3) is 0 Å². The Bertz CT molecular complexity index is 3700. The van der Waals surface area contributed by atoms with E-state index in [-0.39, 0.29) is 6.04 Å². The summed E-state index contributed by atoms with van der Waals surface area (Å²) in [6, 6.07) is 66.8. The lowest BCUT2D eigenvalue weighted by atomic mass is 10.0. The summed E-state index contributed by atoms with van der Waals surface area (Å²) in [6.45, 7) is 8.98. The molecule has 0 aliphatic rings. The van der Waals surface area contributed by atoms with Crippen LogP contribution in [0.5, 0.6) is 0 Å². The third kappa shape index (κ3) is 6.23. The summed E-state index contributed by atoms with van der Waals surface area (Å²) in [7, 11) is -3.39. The molecule has 0 saturated carbocycles. The highest BCUT2D eigenvalue weighted by molar-refractivity contribution is 7.85. The molecule has 0 radical (unpaired) electrons. The van der Waals surface area contributed by atoms with Gasteiger partial charge < -0.3 is 18.3 Å². The molecule has 0 spiro atoms. The molecule has 312 valence electrons. The second-order valence-corrected chi connectivity index (χ2v) is 19.9. The Morgan fingerprint density at radius 1 is 0.469 bits per heavy atom. The third-order valence-electron chi connectivity index (χ3n) is 13.3. The Labute approximate surface area is 374 Å². The molecule has 3 heterocycles. The average Bonchev–Trinajstić information content (AvgIpc) is 3.97. The van der Waals surface area contributed by atoms with Crippen molar-refractivity contribution in [1.82, 2.24) is 13.7 Å². The number of hydrogen-bond acceptors (Lipinski definition) is 1. The fourth-order valence-electron chi connectivity index (χ4n) is 10.5. The minimum atomic E-state index is -3.39. The number of fused-ring (bicyclic) bond motifs is 9. The van der Waals surface area contributed by atoms with Gasteiger partial charge in [-0.15, -0.1) is 0 Å². The monoisotopic (exact) mass is 847 g/mol. The van der Waals surface area contributed by atoms with Crippen LogP contribution in [0.4, 0.5) is 0 Å². The normalized spacial score (nSPS) is 14.1. The summed E-state index contributed by atoms with van der Waals surface area (Å²) in [4.78, 5) is 0. The predicted molar refractivity (Wildman–Crippen MR) is 275 cm³/mol. The molecule has 64 heavy (non-hydrogen) atoms. The molecule has 0 aliphatic carbocycles. The summed E-state index contributed by atoms with van der Waals surface area (Å²) in [5, 5.41) is 9.37. The van der Waals surface area contributed by atoms with Gasteiger partial charge in [0, 0.05) is 70.6 Å². The minimum absolute atomic E-state index is 0.226. The van der Waals surface area contributed by atoms with Gasteiger partial charge in [0.2, 0.25) is 0 Å². The fraction of sp³-hybridized carbons (Fsp3) is 0.119. The Balaban J connectivity index is 1.10. The van der Waals surface area contributed by atoms with E-state index in [1.165, 1.54) is 33.0 Å². The molecule has 8 aromatic carbocycles. The van der Waals surface area contributed by atoms with Gasteiger partial charge in [-0.05, 0) is 112 Å². The van der Waals surface area contributed by atoms with Gasteiger partial charge in [0.1, 0.15) is 0 Å². The van der Waals surface area contributed by atoms with Gasteiger partial charge in [-0.2, -0.15) is 0 Å². The molecule has 2 unspecified atom stereocenters. The largest absolute Gasteiger partial charge is 0.333 e. The lowest BCUT2D eigenvalue weighted by molar-refractivity contribution is 0.588. The third-order valence-corrected chi connectivity index (χ3v) is 16.4. The Hall–Kier alpha value is -7.13. The molecule has 4 nitrogen and oxygen atoms in total. The summed E-state index contributed by atoms with van der Waals surface area (Å²) in [5.74, 6) is 0. The van der Waals surface area contributed by atoms with Crippen molar-refractivity contribution < 1.29 is 4.57 Å². The van der Waals surface area contributed by atoms with Crippen molar-refractivity contribution in [2.45, 2.75) is 46.6 Å². The van der Waals surface area contributed by atoms with E-state index in [2.05, 4.69) is 205 Å². The number of rotatable bonds is 10. The van der Waals surface area contributed by atoms with Crippen LogP contribution in [0.1, 0.15) is 46.6 Å². The van der Waals surface area contributed by atoms with Crippen LogP contribution in [-0.2, 0) is 4.57 Å². The van der Waals surface area contributed by atoms with Gasteiger partial charge in [0.05, 0.1) is 28.1 Å². The predicted octanol–water partition coefficient (Wildman–Crippen LogP) is 14.9. The molecule has 11 aromatic rings. The summed E-state index contributed by atoms with van der Waals surface area (Å²) in [6.07, 6.45) is 6.68. The van der Waals surface area contributed by atoms with Crippen LogP contribution in [0, 0.1) is 0 Å². The Kier molecular flexibility index (Phi) is 9.86. The standard InChI is InChI=1S/C59H50N3OP/c1-5-19-40(3)36-41(4)53(6-2)62-56-29-18-15-24-47(56)50-37-43(30-33-59(50)62)61-55-28-17-14-26-49(55)52-39-46(32-35-58(52)61)64(63,44-22-11-8-12-23-44)45-31-34-57-51(38-45)48-25-13-16-27-54(48)60(57)42-20-9-7-10-21-42/h7-39,53H,5-6H2,1-4H3/b40-19-,41-36-. The molecule has 0 amide bonds. The number of benzene rings is 8. The molecule has 0 N–H and O–H groups in total. The van der Waals surface area contributed by atoms with Gasteiger partial charge in [-0.3, -0.25) is 0 Å². The van der Waals surface area contributed by atoms with Crippen molar-refractivity contribution in [3.63, 3.8) is 0 Å². The van der Waals surface area contributed by atoms with Crippen molar-refractivity contribution in [3.8, 4) is 11.4 Å². The molecule has 2 atom stereocenters. The number of hydrogen-bond donors (Lipinski definition) is 0. The zero-order valence-electron chi connectivity index (χ0n) is 36.7. The minimum Gasteiger partial charge on any atom is -0.333 e. The van der Waals surface area contributed by atoms with E-state index < -0.39 is 7.14 Å². The lowest BCUT2D eigenvalue weighted by Crippen LogP contribution is -2.25. The quantitative estimate of drug-likeness (QED) is 0.0996. The van der Waals surface area contributed by atoms with E-state index in [0.29, 0.717) is 0 Å². The van der Waals surface area contributed by atoms with E-state index >= 15 is 4.57 Å². The number of aromatic nitrogens is 3. The Morgan fingerprint density at radius 2 is 0.922 bits per heavy atom. The van der Waals surface area contributed by atoms with E-state index in [1.807, 2.05) is 36.4 Å². The SMILES string of the molecule is CC/C=C(C)\C=C(\C)C(CC)n1c2ccccc2c2cc(-n3c4ccccc4c4cc(P(=O)(c5ccccc5)c5ccc6c(c5)c5ccccc5n6-c5ccccc5)ccc43)ccc21. The van der Waals surface area contributed by atoms with Crippen molar-refractivity contribution in [2.75, 3.05) is 0 Å². The highest BCUT2D eigenvalue weighted by atomic mass is 31.2. The van der Waals surface area contributed by atoms with E-state index in [0.717, 1.165) is 83.7 Å². The molecule has 0 saturated heterocycles. The van der Waals surface area contributed by atoms with E-state index in [4.69, 9.17) is 0 Å². The van der Waals surface area contributed by atoms with Gasteiger partial charge in [0.15, 0.2) is 7.14 Å². The number of nitrogens with zero attached hydrogens (tertiary/aromatic N) is 3. The van der Waals surface area contributed by atoms with Crippen molar-refractivity contribution >= 4 is 88.5 Å². The van der Waals surface area contributed by atoms with Crippen molar-refractivity contribution in [2.24, 2.45) is 0 Å². The van der Waals surface area contributed by atoms with Gasteiger partial charge >= 0.3 is 0 Å². The summed E-state index contributed by atoms with van der Waals surface area (Å²) in [5.41, 5.74) is 11.8. The smallest absolute Gasteiger partial charge is 0.171 e. The first kappa shape index (κ1) is 39.7. The molecule has 5 heteroatoms. The highest BCUT2D eigenvalue weighted by Gasteiger charge is 2.32. The van der Waals surface area contributed by atoms with Crippen molar-refractivity contribution in [1.29, 1.82) is 0 Å². The van der Waals surface area contributed by atoms with Crippen LogP contribution in [0.25, 0.3) is 76.8 Å². The van der Waals surface area contributed by atoms with Crippen LogP contribution < -0.4 is 15.9 Å². The maximum atomic E-state index is 16.4. The highest BCUT2D eigenvalue weighted by Crippen LogP contribution is 2.46. The average molecular weight is 848 g/mol. The van der Waals surface area contributed by atoms with Crippen LogP contribution in [0.3, 0.4) is 0 Å². The van der Waals surface area contributed by atoms with E-state index in [1.54, 1.807) is 0 Å². The second-order valence-electron chi connectivity index (χ2n) is 17.1. The zero-order chi connectivity index (χ0) is 43.5. The zero-order valence-corrected chi connectivity index (χ0v) is 37.6. The number of para-hydroxylation sites is 4. The molecule has 0 bridgehead atoms. The van der Waals surface area contributed by atoms with E-state index in [9.17, 15) is 0 Å². The molecule has 0 fully saturated rings. The first-order chi connectivity index (χ1) is 31.4. The van der Waals surface area contributed by atoms with Crippen molar-refractivity contribution in [3.05, 3.63) is 211 Å². The fourth-order valence-corrected chi connectivity index (χ4v) is 13.2. The maximum Gasteiger partial charge on any atom is 0.171 e. The molecular formula is C59H50N3OP. The molecular weight excluding hydrogens is 798 g/mol. The summed E-state index contributed by atoms with van der Waals surface area (Å²) < 4.78 is 23.7. The molecule has 0 aliphatic heterocycles. The molecule has 3 aromatic heterocycles. The topological polar surface area (TPSA) is 31.9 Å². The first-order valence-electron chi connectivity index (χ1n) is 22.6. The van der Waals surface area contributed by atoms with Crippen LogP contribution in [-0.4, -0.2) is 13.7 Å². The first-order valence-corrected chi connectivity index (χ1v) is 24.3. The van der Waals surface area contributed by atoms with Gasteiger partial charge in [-0.25, -0.2) is 0 Å². The van der Waals surface area contributed by atoms with Crippen LogP contribution in [0.15, 0.2) is 211 Å². The second kappa shape index (κ2) is 15.9. The maximum absolute atomic E-state index is 16.4. The number of allylic oxidation sites excluding steroid dienone is 4. The van der Waals surface area contributed by atoms with Crippen LogP contribution in [0.2, 0.25) is 0 Å².